The third kappa shape index (κ3) is 2.26. The van der Waals surface area contributed by atoms with Gasteiger partial charge in [0, 0.05) is 19.3 Å². The first-order valence-electron chi connectivity index (χ1n) is 5.17. The molecule has 6 heteroatoms. The van der Waals surface area contributed by atoms with Crippen LogP contribution in [0.4, 0.5) is 4.79 Å². The number of urea groups is 1. The monoisotopic (exact) mass is 209 g/mol. The molecular formula is C9H15N5O. The van der Waals surface area contributed by atoms with Crippen molar-refractivity contribution in [3.63, 3.8) is 0 Å². The van der Waals surface area contributed by atoms with Crippen molar-refractivity contribution in [1.82, 2.24) is 19.9 Å². The second kappa shape index (κ2) is 4.29. The van der Waals surface area contributed by atoms with Gasteiger partial charge in [-0.05, 0) is 19.3 Å². The molecule has 0 aromatic carbocycles. The van der Waals surface area contributed by atoms with Crippen LogP contribution in [0, 0.1) is 0 Å². The lowest BCUT2D eigenvalue weighted by molar-refractivity contribution is 0.209. The number of hydrogen-bond donors (Lipinski definition) is 1. The second-order valence-corrected chi connectivity index (χ2v) is 3.79. The SMILES string of the molecule is NC(=O)N1CCCC(n2ccnn2)CC1. The summed E-state index contributed by atoms with van der Waals surface area (Å²) in [7, 11) is 0. The molecule has 0 radical (unpaired) electrons. The van der Waals surface area contributed by atoms with Crippen LogP contribution in [0.2, 0.25) is 0 Å². The minimum atomic E-state index is -0.325. The topological polar surface area (TPSA) is 77.0 Å². The maximum atomic E-state index is 11.0. The van der Waals surface area contributed by atoms with E-state index < -0.39 is 0 Å². The molecule has 0 aliphatic carbocycles. The van der Waals surface area contributed by atoms with Crippen LogP contribution in [0.15, 0.2) is 12.4 Å². The Kier molecular flexibility index (Phi) is 2.84. The van der Waals surface area contributed by atoms with Crippen LogP contribution < -0.4 is 5.73 Å². The van der Waals surface area contributed by atoms with Gasteiger partial charge in [-0.2, -0.15) is 0 Å². The quantitative estimate of drug-likeness (QED) is 0.726. The number of carbonyl (C=O) groups excluding carboxylic acids is 1. The standard InChI is InChI=1S/C9H15N5O/c10-9(15)13-5-1-2-8(3-6-13)14-7-4-11-12-14/h4,7-8H,1-3,5-6H2,(H2,10,15). The molecule has 1 unspecified atom stereocenters. The average molecular weight is 209 g/mol. The summed E-state index contributed by atoms with van der Waals surface area (Å²) in [6.07, 6.45) is 6.42. The minimum Gasteiger partial charge on any atom is -0.351 e. The highest BCUT2D eigenvalue weighted by Gasteiger charge is 2.20. The molecule has 6 nitrogen and oxygen atoms in total. The van der Waals surface area contributed by atoms with Gasteiger partial charge in [0.1, 0.15) is 0 Å². The van der Waals surface area contributed by atoms with Gasteiger partial charge in [0.25, 0.3) is 0 Å². The Bertz CT molecular complexity index is 323. The lowest BCUT2D eigenvalue weighted by Gasteiger charge is -2.17. The van der Waals surface area contributed by atoms with Crippen molar-refractivity contribution in [1.29, 1.82) is 0 Å². The van der Waals surface area contributed by atoms with E-state index in [0.29, 0.717) is 12.6 Å². The van der Waals surface area contributed by atoms with E-state index in [2.05, 4.69) is 10.3 Å². The molecule has 1 aliphatic heterocycles. The van der Waals surface area contributed by atoms with Crippen LogP contribution in [0.5, 0.6) is 0 Å². The lowest BCUT2D eigenvalue weighted by atomic mass is 10.1. The van der Waals surface area contributed by atoms with Gasteiger partial charge in [-0.1, -0.05) is 5.21 Å². The summed E-state index contributed by atoms with van der Waals surface area (Å²) in [6, 6.07) is 0.0195. The van der Waals surface area contributed by atoms with Crippen LogP contribution in [0.3, 0.4) is 0 Å². The Morgan fingerprint density at radius 1 is 1.40 bits per heavy atom. The van der Waals surface area contributed by atoms with Crippen LogP contribution in [-0.4, -0.2) is 39.0 Å². The van der Waals surface area contributed by atoms with E-state index in [0.717, 1.165) is 25.8 Å². The van der Waals surface area contributed by atoms with Crippen LogP contribution in [0.1, 0.15) is 25.3 Å². The number of primary amides is 1. The molecule has 2 N–H and O–H groups in total. The number of amides is 2. The molecule has 1 fully saturated rings. The van der Waals surface area contributed by atoms with Gasteiger partial charge in [-0.25, -0.2) is 9.48 Å². The maximum Gasteiger partial charge on any atom is 0.314 e. The molecule has 1 aliphatic rings. The second-order valence-electron chi connectivity index (χ2n) is 3.79. The van der Waals surface area contributed by atoms with E-state index in [1.54, 1.807) is 11.1 Å². The Balaban J connectivity index is 1.98. The molecule has 1 atom stereocenters. The smallest absolute Gasteiger partial charge is 0.314 e. The van der Waals surface area contributed by atoms with E-state index in [1.807, 2.05) is 10.9 Å². The highest BCUT2D eigenvalue weighted by atomic mass is 16.2. The summed E-state index contributed by atoms with van der Waals surface area (Å²) < 4.78 is 1.87. The fraction of sp³-hybridized carbons (Fsp3) is 0.667. The van der Waals surface area contributed by atoms with Crippen LogP contribution in [-0.2, 0) is 0 Å². The van der Waals surface area contributed by atoms with Crippen molar-refractivity contribution in [2.24, 2.45) is 5.73 Å². The van der Waals surface area contributed by atoms with Gasteiger partial charge in [0.2, 0.25) is 0 Å². The van der Waals surface area contributed by atoms with Crippen LogP contribution in [0.25, 0.3) is 0 Å². The van der Waals surface area contributed by atoms with Crippen molar-refractivity contribution < 1.29 is 4.79 Å². The summed E-state index contributed by atoms with van der Waals surface area (Å²) in [4.78, 5) is 12.7. The van der Waals surface area contributed by atoms with Crippen molar-refractivity contribution in [3.8, 4) is 0 Å². The van der Waals surface area contributed by atoms with E-state index in [1.165, 1.54) is 0 Å². The van der Waals surface area contributed by atoms with Crippen molar-refractivity contribution in [2.75, 3.05) is 13.1 Å². The molecule has 2 heterocycles. The van der Waals surface area contributed by atoms with Gasteiger partial charge >= 0.3 is 6.03 Å². The Morgan fingerprint density at radius 3 is 2.93 bits per heavy atom. The van der Waals surface area contributed by atoms with Crippen molar-refractivity contribution in [3.05, 3.63) is 12.4 Å². The first-order chi connectivity index (χ1) is 7.27. The average Bonchev–Trinajstić information content (AvgIpc) is 2.62. The largest absolute Gasteiger partial charge is 0.351 e. The highest BCUT2D eigenvalue weighted by molar-refractivity contribution is 5.71. The first kappa shape index (κ1) is 9.95. The number of aromatic nitrogens is 3. The Labute approximate surface area is 88.0 Å². The normalized spacial score (nSPS) is 22.4. The lowest BCUT2D eigenvalue weighted by Crippen LogP contribution is -2.36. The molecule has 2 amide bonds. The summed E-state index contributed by atoms with van der Waals surface area (Å²) in [6.45, 7) is 1.46. The number of nitrogens with zero attached hydrogens (tertiary/aromatic N) is 4. The minimum absolute atomic E-state index is 0.325. The van der Waals surface area contributed by atoms with E-state index >= 15 is 0 Å². The number of hydrogen-bond acceptors (Lipinski definition) is 3. The zero-order valence-electron chi connectivity index (χ0n) is 8.54. The highest BCUT2D eigenvalue weighted by Crippen LogP contribution is 2.20. The predicted molar refractivity (Wildman–Crippen MR) is 54.1 cm³/mol. The molecule has 1 aromatic rings. The summed E-state index contributed by atoms with van der Waals surface area (Å²) >= 11 is 0. The summed E-state index contributed by atoms with van der Waals surface area (Å²) in [5.41, 5.74) is 5.25. The first-order valence-corrected chi connectivity index (χ1v) is 5.17. The number of likely N-dealkylation sites (tertiary alicyclic amines) is 1. The zero-order chi connectivity index (χ0) is 10.7. The van der Waals surface area contributed by atoms with Gasteiger partial charge in [-0.15, -0.1) is 5.10 Å². The molecule has 15 heavy (non-hydrogen) atoms. The molecule has 1 saturated heterocycles. The molecule has 0 saturated carbocycles. The van der Waals surface area contributed by atoms with Gasteiger partial charge in [-0.3, -0.25) is 0 Å². The van der Waals surface area contributed by atoms with Crippen molar-refractivity contribution in [2.45, 2.75) is 25.3 Å². The van der Waals surface area contributed by atoms with Crippen molar-refractivity contribution >= 4 is 6.03 Å². The number of nitrogens with two attached hydrogens (primary N) is 1. The van der Waals surface area contributed by atoms with Gasteiger partial charge < -0.3 is 10.6 Å². The van der Waals surface area contributed by atoms with E-state index in [9.17, 15) is 4.79 Å². The molecule has 1 aromatic heterocycles. The third-order valence-electron chi connectivity index (χ3n) is 2.82. The molecule has 2 rings (SSSR count). The summed E-state index contributed by atoms with van der Waals surface area (Å²) in [5.74, 6) is 0. The third-order valence-corrected chi connectivity index (χ3v) is 2.82. The molecule has 82 valence electrons. The van der Waals surface area contributed by atoms with E-state index in [-0.39, 0.29) is 6.03 Å². The fourth-order valence-corrected chi connectivity index (χ4v) is 1.98. The van der Waals surface area contributed by atoms with Crippen LogP contribution >= 0.6 is 0 Å². The Morgan fingerprint density at radius 2 is 2.27 bits per heavy atom. The number of carbonyl (C=O) groups is 1. The molecular weight excluding hydrogens is 194 g/mol. The molecule has 0 bridgehead atoms. The van der Waals surface area contributed by atoms with Gasteiger partial charge in [0.05, 0.1) is 12.2 Å². The van der Waals surface area contributed by atoms with Gasteiger partial charge in [0.15, 0.2) is 0 Å². The number of rotatable bonds is 1. The Hall–Kier alpha value is -1.59. The van der Waals surface area contributed by atoms with E-state index in [4.69, 9.17) is 5.73 Å². The fourth-order valence-electron chi connectivity index (χ4n) is 1.98. The predicted octanol–water partition coefficient (Wildman–Crippen LogP) is 0.384. The molecule has 0 spiro atoms. The summed E-state index contributed by atoms with van der Waals surface area (Å²) in [5, 5.41) is 7.77. The maximum absolute atomic E-state index is 11.0. The zero-order valence-corrected chi connectivity index (χ0v) is 8.54.